The Kier molecular flexibility index (Phi) is 4.25. The lowest BCUT2D eigenvalue weighted by Gasteiger charge is -2.09. The van der Waals surface area contributed by atoms with Gasteiger partial charge < -0.3 is 5.32 Å². The highest BCUT2D eigenvalue weighted by Crippen LogP contribution is 2.24. The second kappa shape index (κ2) is 5.72. The molecule has 0 fully saturated rings. The van der Waals surface area contributed by atoms with E-state index < -0.39 is 5.82 Å². The van der Waals surface area contributed by atoms with Crippen LogP contribution >= 0.6 is 27.5 Å². The van der Waals surface area contributed by atoms with Crippen molar-refractivity contribution in [1.82, 2.24) is 0 Å². The minimum Gasteiger partial charge on any atom is -0.380 e. The third kappa shape index (κ3) is 3.24. The molecular weight excluding hydrogens is 317 g/mol. The van der Waals surface area contributed by atoms with Crippen LogP contribution in [0, 0.1) is 12.7 Å². The van der Waals surface area contributed by atoms with Gasteiger partial charge in [-0.2, -0.15) is 0 Å². The minimum atomic E-state index is -0.392. The highest BCUT2D eigenvalue weighted by atomic mass is 79.9. The number of hydrogen-bond acceptors (Lipinski definition) is 1. The summed E-state index contributed by atoms with van der Waals surface area (Å²) in [5.74, 6) is -0.392. The van der Waals surface area contributed by atoms with Gasteiger partial charge in [0.1, 0.15) is 5.82 Å². The summed E-state index contributed by atoms with van der Waals surface area (Å²) in [4.78, 5) is 0. The van der Waals surface area contributed by atoms with Crippen molar-refractivity contribution < 1.29 is 4.39 Å². The van der Waals surface area contributed by atoms with Crippen LogP contribution in [0.3, 0.4) is 0 Å². The Morgan fingerprint density at radius 2 is 2.00 bits per heavy atom. The SMILES string of the molecule is Cc1ccc(NCc2ccc(F)c(Cl)c2)c(Br)c1. The van der Waals surface area contributed by atoms with Gasteiger partial charge in [-0.15, -0.1) is 0 Å². The molecule has 2 aromatic rings. The molecule has 0 spiro atoms. The summed E-state index contributed by atoms with van der Waals surface area (Å²) in [6.45, 7) is 2.63. The van der Waals surface area contributed by atoms with Crippen LogP contribution in [0.1, 0.15) is 11.1 Å². The summed E-state index contributed by atoms with van der Waals surface area (Å²) in [5, 5.41) is 3.43. The Hall–Kier alpha value is -1.06. The van der Waals surface area contributed by atoms with Crippen molar-refractivity contribution >= 4 is 33.2 Å². The fourth-order valence-corrected chi connectivity index (χ4v) is 2.45. The molecule has 18 heavy (non-hydrogen) atoms. The number of nitrogens with one attached hydrogen (secondary N) is 1. The van der Waals surface area contributed by atoms with E-state index in [4.69, 9.17) is 11.6 Å². The van der Waals surface area contributed by atoms with Crippen LogP contribution in [0.15, 0.2) is 40.9 Å². The predicted octanol–water partition coefficient (Wildman–Crippen LogP) is 5.16. The maximum Gasteiger partial charge on any atom is 0.141 e. The van der Waals surface area contributed by atoms with Gasteiger partial charge >= 0.3 is 0 Å². The van der Waals surface area contributed by atoms with E-state index in [1.165, 1.54) is 11.6 Å². The molecule has 0 aliphatic carbocycles. The van der Waals surface area contributed by atoms with Crippen LogP contribution < -0.4 is 5.32 Å². The van der Waals surface area contributed by atoms with Crippen molar-refractivity contribution in [2.45, 2.75) is 13.5 Å². The zero-order chi connectivity index (χ0) is 13.1. The Bertz CT molecular complexity index is 572. The largest absolute Gasteiger partial charge is 0.380 e. The second-order valence-corrected chi connectivity index (χ2v) is 5.35. The van der Waals surface area contributed by atoms with Gasteiger partial charge in [-0.25, -0.2) is 4.39 Å². The van der Waals surface area contributed by atoms with Gasteiger partial charge in [0.25, 0.3) is 0 Å². The minimum absolute atomic E-state index is 0.150. The maximum absolute atomic E-state index is 13.0. The van der Waals surface area contributed by atoms with Crippen molar-refractivity contribution in [2.75, 3.05) is 5.32 Å². The zero-order valence-electron chi connectivity index (χ0n) is 9.81. The Labute approximate surface area is 119 Å². The highest BCUT2D eigenvalue weighted by Gasteiger charge is 2.02. The maximum atomic E-state index is 13.0. The quantitative estimate of drug-likeness (QED) is 0.820. The molecule has 0 aromatic heterocycles. The van der Waals surface area contributed by atoms with E-state index >= 15 is 0 Å². The molecule has 2 rings (SSSR count). The molecule has 1 N–H and O–H groups in total. The summed E-state index contributed by atoms with van der Waals surface area (Å²) < 4.78 is 14.0. The smallest absolute Gasteiger partial charge is 0.141 e. The molecule has 0 atom stereocenters. The molecule has 0 aliphatic rings. The third-order valence-electron chi connectivity index (χ3n) is 2.59. The molecule has 0 saturated carbocycles. The summed E-state index contributed by atoms with van der Waals surface area (Å²) >= 11 is 9.23. The van der Waals surface area contributed by atoms with Crippen molar-refractivity contribution in [3.63, 3.8) is 0 Å². The van der Waals surface area contributed by atoms with E-state index in [1.807, 2.05) is 25.1 Å². The van der Waals surface area contributed by atoms with E-state index in [9.17, 15) is 4.39 Å². The average Bonchev–Trinajstić information content (AvgIpc) is 2.32. The topological polar surface area (TPSA) is 12.0 Å². The third-order valence-corrected chi connectivity index (χ3v) is 3.54. The monoisotopic (exact) mass is 327 g/mol. The van der Waals surface area contributed by atoms with Crippen LogP contribution in [0.5, 0.6) is 0 Å². The lowest BCUT2D eigenvalue weighted by Crippen LogP contribution is -2.00. The number of benzene rings is 2. The van der Waals surface area contributed by atoms with Crippen LogP contribution in [0.25, 0.3) is 0 Å². The summed E-state index contributed by atoms with van der Waals surface area (Å²) in [7, 11) is 0. The fourth-order valence-electron chi connectivity index (χ4n) is 1.61. The van der Waals surface area contributed by atoms with Crippen molar-refractivity contribution in [3.8, 4) is 0 Å². The molecule has 0 heterocycles. The first-order chi connectivity index (χ1) is 8.56. The molecule has 1 nitrogen and oxygen atoms in total. The second-order valence-electron chi connectivity index (χ2n) is 4.09. The predicted molar refractivity (Wildman–Crippen MR) is 77.6 cm³/mol. The first-order valence-electron chi connectivity index (χ1n) is 5.50. The lowest BCUT2D eigenvalue weighted by molar-refractivity contribution is 0.627. The zero-order valence-corrected chi connectivity index (χ0v) is 12.1. The molecule has 2 aromatic carbocycles. The molecule has 94 valence electrons. The Balaban J connectivity index is 2.09. The number of halogens is 3. The van der Waals surface area contributed by atoms with Crippen LogP contribution in [0.4, 0.5) is 10.1 Å². The van der Waals surface area contributed by atoms with E-state index in [0.29, 0.717) is 6.54 Å². The number of hydrogen-bond donors (Lipinski definition) is 1. The standard InChI is InChI=1S/C14H12BrClFN/c1-9-2-5-14(11(15)6-9)18-8-10-3-4-13(17)12(16)7-10/h2-7,18H,8H2,1H3. The van der Waals surface area contributed by atoms with Gasteiger partial charge in [-0.3, -0.25) is 0 Å². The van der Waals surface area contributed by atoms with Crippen molar-refractivity contribution in [3.05, 3.63) is 62.8 Å². The highest BCUT2D eigenvalue weighted by molar-refractivity contribution is 9.10. The summed E-state index contributed by atoms with van der Waals surface area (Å²) in [6, 6.07) is 10.8. The number of aryl methyl sites for hydroxylation is 1. The van der Waals surface area contributed by atoms with Crippen LogP contribution in [0.2, 0.25) is 5.02 Å². The van der Waals surface area contributed by atoms with Gasteiger partial charge in [0.2, 0.25) is 0 Å². The van der Waals surface area contributed by atoms with Crippen LogP contribution in [-0.4, -0.2) is 0 Å². The molecule has 0 radical (unpaired) electrons. The van der Waals surface area contributed by atoms with E-state index in [1.54, 1.807) is 12.1 Å². The lowest BCUT2D eigenvalue weighted by atomic mass is 10.2. The molecule has 0 aliphatic heterocycles. The summed E-state index contributed by atoms with van der Waals surface area (Å²) in [5.41, 5.74) is 3.13. The van der Waals surface area contributed by atoms with Crippen LogP contribution in [-0.2, 0) is 6.54 Å². The average molecular weight is 329 g/mol. The van der Waals surface area contributed by atoms with Gasteiger partial charge in [0, 0.05) is 16.7 Å². The van der Waals surface area contributed by atoms with Gasteiger partial charge in [0.15, 0.2) is 0 Å². The molecule has 0 unspecified atom stereocenters. The molecule has 0 saturated heterocycles. The normalized spacial score (nSPS) is 10.4. The number of anilines is 1. The van der Waals surface area contributed by atoms with Gasteiger partial charge in [-0.05, 0) is 58.2 Å². The van der Waals surface area contributed by atoms with Gasteiger partial charge in [-0.1, -0.05) is 23.7 Å². The van der Waals surface area contributed by atoms with Gasteiger partial charge in [0.05, 0.1) is 5.02 Å². The first-order valence-corrected chi connectivity index (χ1v) is 6.67. The Morgan fingerprint density at radius 1 is 1.22 bits per heavy atom. The van der Waals surface area contributed by atoms with E-state index in [-0.39, 0.29) is 5.02 Å². The fraction of sp³-hybridized carbons (Fsp3) is 0.143. The van der Waals surface area contributed by atoms with E-state index in [0.717, 1.165) is 15.7 Å². The Morgan fingerprint density at radius 3 is 2.67 bits per heavy atom. The van der Waals surface area contributed by atoms with Crippen molar-refractivity contribution in [1.29, 1.82) is 0 Å². The van der Waals surface area contributed by atoms with E-state index in [2.05, 4.69) is 21.2 Å². The molecule has 0 bridgehead atoms. The molecular formula is C14H12BrClFN. The molecule has 0 amide bonds. The number of rotatable bonds is 3. The first kappa shape index (κ1) is 13.4. The van der Waals surface area contributed by atoms with Crippen molar-refractivity contribution in [2.24, 2.45) is 0 Å². The molecule has 4 heteroatoms. The summed E-state index contributed by atoms with van der Waals surface area (Å²) in [6.07, 6.45) is 0.